The van der Waals surface area contributed by atoms with Crippen molar-refractivity contribution in [3.05, 3.63) is 77.6 Å². The van der Waals surface area contributed by atoms with Gasteiger partial charge in [0.25, 0.3) is 15.9 Å². The summed E-state index contributed by atoms with van der Waals surface area (Å²) in [4.78, 5) is 16.9. The summed E-state index contributed by atoms with van der Waals surface area (Å²) in [7, 11) is -4.37. The quantitative estimate of drug-likeness (QED) is 0.296. The van der Waals surface area contributed by atoms with Crippen LogP contribution in [0.3, 0.4) is 0 Å². The minimum absolute atomic E-state index is 0.0684. The largest absolute Gasteiger partial charge is 0.492 e. The summed E-state index contributed by atoms with van der Waals surface area (Å²) in [5.74, 6) is -2.53. The molecule has 2 aromatic carbocycles. The number of aromatic nitrogens is 1. The fourth-order valence-electron chi connectivity index (χ4n) is 5.51. The minimum Gasteiger partial charge on any atom is -0.492 e. The van der Waals surface area contributed by atoms with Crippen LogP contribution in [0.4, 0.5) is 8.78 Å². The van der Waals surface area contributed by atoms with Gasteiger partial charge in [0.05, 0.1) is 29.0 Å². The summed E-state index contributed by atoms with van der Waals surface area (Å²) in [5.41, 5.74) is -0.278. The molecule has 0 spiro atoms. The van der Waals surface area contributed by atoms with Gasteiger partial charge in [0.15, 0.2) is 11.6 Å². The molecule has 6 rings (SSSR count). The van der Waals surface area contributed by atoms with Crippen molar-refractivity contribution in [1.29, 1.82) is 0 Å². The van der Waals surface area contributed by atoms with Crippen molar-refractivity contribution in [3.63, 3.8) is 0 Å². The Labute approximate surface area is 249 Å². The highest BCUT2D eigenvalue weighted by atomic mass is 32.2. The Morgan fingerprint density at radius 3 is 2.44 bits per heavy atom. The van der Waals surface area contributed by atoms with Gasteiger partial charge in [-0.05, 0) is 86.6 Å². The van der Waals surface area contributed by atoms with E-state index in [-0.39, 0.29) is 11.0 Å². The van der Waals surface area contributed by atoms with Crippen LogP contribution in [0.25, 0.3) is 0 Å². The number of pyridine rings is 1. The number of nitrogens with zero attached hydrogens (tertiary/aromatic N) is 1. The standard InChI is InChI=1S/C31H33F2N3O6S/c1-2-26(25-11-7-22(16-35-25)40-17-18-3-4-18)42-27-12-10-24(29(32)30(27)33)31(37)36-43(38,39)23-8-5-21(6-9-23)41-28-14-20-13-19(28)15-34-20/h5-12,16,18-20,26,28,34H,2-4,13-15,17H2,1H3,(H,36,37)/t19-,20-,26-,28-/m1/s1. The van der Waals surface area contributed by atoms with Crippen molar-refractivity contribution in [3.8, 4) is 17.2 Å². The maximum absolute atomic E-state index is 15.0. The molecule has 2 heterocycles. The summed E-state index contributed by atoms with van der Waals surface area (Å²) in [6.07, 6.45) is 5.62. The van der Waals surface area contributed by atoms with Crippen molar-refractivity contribution < 1.29 is 36.2 Å². The van der Waals surface area contributed by atoms with E-state index in [0.717, 1.165) is 31.5 Å². The van der Waals surface area contributed by atoms with Gasteiger partial charge in [0.2, 0.25) is 5.82 Å². The minimum atomic E-state index is -4.37. The molecule has 2 N–H and O–H groups in total. The summed E-state index contributed by atoms with van der Waals surface area (Å²) in [5, 5.41) is 3.41. The number of sulfonamides is 1. The van der Waals surface area contributed by atoms with Crippen molar-refractivity contribution in [1.82, 2.24) is 15.0 Å². The lowest BCUT2D eigenvalue weighted by molar-refractivity contribution is 0.0976. The normalized spacial score (nSPS) is 21.8. The summed E-state index contributed by atoms with van der Waals surface area (Å²) in [6, 6.07) is 11.6. The van der Waals surface area contributed by atoms with Crippen LogP contribution < -0.4 is 24.2 Å². The molecule has 2 bridgehead atoms. The Morgan fingerprint density at radius 1 is 1.05 bits per heavy atom. The summed E-state index contributed by atoms with van der Waals surface area (Å²) >= 11 is 0. The zero-order valence-electron chi connectivity index (χ0n) is 23.6. The topological polar surface area (TPSA) is 116 Å². The van der Waals surface area contributed by atoms with Crippen molar-refractivity contribution >= 4 is 15.9 Å². The number of rotatable bonds is 12. The van der Waals surface area contributed by atoms with Crippen LogP contribution in [0.5, 0.6) is 17.2 Å². The van der Waals surface area contributed by atoms with Gasteiger partial charge >= 0.3 is 0 Å². The van der Waals surface area contributed by atoms with Gasteiger partial charge in [-0.2, -0.15) is 4.39 Å². The maximum Gasteiger partial charge on any atom is 0.268 e. The smallest absolute Gasteiger partial charge is 0.268 e. The van der Waals surface area contributed by atoms with Crippen LogP contribution >= 0.6 is 0 Å². The molecule has 0 unspecified atom stereocenters. The van der Waals surface area contributed by atoms with Gasteiger partial charge in [0, 0.05) is 18.5 Å². The number of carbonyl (C=O) groups excluding carboxylic acids is 1. The lowest BCUT2D eigenvalue weighted by Crippen LogP contribution is -2.35. The third-order valence-corrected chi connectivity index (χ3v) is 9.50. The summed E-state index contributed by atoms with van der Waals surface area (Å²) in [6.45, 7) is 3.35. The Balaban J connectivity index is 1.09. The zero-order chi connectivity index (χ0) is 30.1. The van der Waals surface area contributed by atoms with Gasteiger partial charge in [-0.1, -0.05) is 6.92 Å². The van der Waals surface area contributed by atoms with Crippen LogP contribution in [0.2, 0.25) is 0 Å². The molecule has 1 aromatic heterocycles. The molecule has 3 aromatic rings. The third-order valence-electron chi connectivity index (χ3n) is 8.15. The van der Waals surface area contributed by atoms with Crippen LogP contribution in [-0.4, -0.2) is 44.6 Å². The number of ether oxygens (including phenoxy) is 3. The van der Waals surface area contributed by atoms with E-state index in [2.05, 4.69) is 10.3 Å². The highest BCUT2D eigenvalue weighted by Gasteiger charge is 2.40. The highest BCUT2D eigenvalue weighted by molar-refractivity contribution is 7.90. The molecule has 2 saturated carbocycles. The van der Waals surface area contributed by atoms with E-state index in [1.165, 1.54) is 37.1 Å². The molecule has 228 valence electrons. The molecule has 1 saturated heterocycles. The zero-order valence-corrected chi connectivity index (χ0v) is 24.4. The van der Waals surface area contributed by atoms with E-state index in [0.29, 0.717) is 48.1 Å². The number of benzene rings is 2. The molecule has 0 radical (unpaired) electrons. The molecular formula is C31H33F2N3O6S. The Morgan fingerprint density at radius 2 is 1.81 bits per heavy atom. The predicted octanol–water partition coefficient (Wildman–Crippen LogP) is 4.93. The molecule has 9 nitrogen and oxygen atoms in total. The lowest BCUT2D eigenvalue weighted by atomic mass is 10.1. The first-order valence-electron chi connectivity index (χ1n) is 14.5. The van der Waals surface area contributed by atoms with Crippen molar-refractivity contribution in [2.45, 2.75) is 62.2 Å². The second kappa shape index (κ2) is 12.1. The van der Waals surface area contributed by atoms with Crippen LogP contribution in [-0.2, 0) is 10.0 Å². The Kier molecular flexibility index (Phi) is 8.23. The SMILES string of the molecule is CC[C@@H](Oc1ccc(C(=O)NS(=O)(=O)c2ccc(O[C@@H]3C[C@H]4C[C@@H]3CN4)cc2)c(F)c1F)c1ccc(OCC2CC2)cn1. The first kappa shape index (κ1) is 29.3. The molecule has 3 aliphatic rings. The van der Waals surface area contributed by atoms with Gasteiger partial charge in [-0.3, -0.25) is 9.78 Å². The fraction of sp³-hybridized carbons (Fsp3) is 0.419. The lowest BCUT2D eigenvalue weighted by Gasteiger charge is -2.23. The van der Waals surface area contributed by atoms with Gasteiger partial charge in [-0.25, -0.2) is 17.5 Å². The van der Waals surface area contributed by atoms with E-state index in [9.17, 15) is 13.2 Å². The number of halogens is 2. The van der Waals surface area contributed by atoms with E-state index >= 15 is 8.78 Å². The molecule has 2 aliphatic carbocycles. The van der Waals surface area contributed by atoms with Gasteiger partial charge in [0.1, 0.15) is 23.7 Å². The Hall–Kier alpha value is -3.77. The van der Waals surface area contributed by atoms with Crippen LogP contribution in [0.1, 0.15) is 61.2 Å². The first-order valence-corrected chi connectivity index (χ1v) is 16.0. The molecule has 3 fully saturated rings. The van der Waals surface area contributed by atoms with E-state index in [4.69, 9.17) is 14.2 Å². The first-order chi connectivity index (χ1) is 20.7. The average molecular weight is 614 g/mol. The van der Waals surface area contributed by atoms with Crippen LogP contribution in [0, 0.1) is 23.5 Å². The molecule has 12 heteroatoms. The number of carbonyl (C=O) groups is 1. The molecule has 1 amide bonds. The van der Waals surface area contributed by atoms with E-state index in [1.807, 2.05) is 4.72 Å². The number of hydrogen-bond donors (Lipinski definition) is 2. The highest BCUT2D eigenvalue weighted by Crippen LogP contribution is 2.35. The number of amides is 1. The fourth-order valence-corrected chi connectivity index (χ4v) is 6.47. The molecule has 1 aliphatic heterocycles. The monoisotopic (exact) mass is 613 g/mol. The second-order valence-electron chi connectivity index (χ2n) is 11.3. The summed E-state index contributed by atoms with van der Waals surface area (Å²) < 4.78 is 74.9. The molecule has 4 atom stereocenters. The van der Waals surface area contributed by atoms with Crippen LogP contribution in [0.15, 0.2) is 59.6 Å². The molecular weight excluding hydrogens is 580 g/mol. The average Bonchev–Trinajstić information content (AvgIpc) is 3.60. The number of hydrogen-bond acceptors (Lipinski definition) is 8. The number of piperidine rings is 1. The van der Waals surface area contributed by atoms with Gasteiger partial charge in [-0.15, -0.1) is 0 Å². The van der Waals surface area contributed by atoms with Crippen molar-refractivity contribution in [2.75, 3.05) is 13.2 Å². The number of fused-ring (bicyclic) bond motifs is 2. The third kappa shape index (κ3) is 6.59. The molecule has 43 heavy (non-hydrogen) atoms. The Bertz CT molecular complexity index is 1580. The number of nitrogens with one attached hydrogen (secondary N) is 2. The van der Waals surface area contributed by atoms with Crippen molar-refractivity contribution in [2.24, 2.45) is 11.8 Å². The maximum atomic E-state index is 15.0. The van der Waals surface area contributed by atoms with E-state index in [1.54, 1.807) is 25.3 Å². The second-order valence-corrected chi connectivity index (χ2v) is 13.0. The van der Waals surface area contributed by atoms with E-state index < -0.39 is 45.0 Å². The predicted molar refractivity (Wildman–Crippen MR) is 152 cm³/mol. The van der Waals surface area contributed by atoms with Gasteiger partial charge < -0.3 is 19.5 Å².